The zero-order valence-corrected chi connectivity index (χ0v) is 14.5. The molecule has 0 spiro atoms. The van der Waals surface area contributed by atoms with Crippen LogP contribution in [0.15, 0.2) is 30.3 Å². The van der Waals surface area contributed by atoms with Gasteiger partial charge in [-0.05, 0) is 62.5 Å². The molecule has 1 amide bonds. The minimum atomic E-state index is -4.73. The van der Waals surface area contributed by atoms with Crippen molar-refractivity contribution in [2.75, 3.05) is 26.2 Å². The Bertz CT molecular complexity index is 654. The Morgan fingerprint density at radius 1 is 1.19 bits per heavy atom. The van der Waals surface area contributed by atoms with Crippen LogP contribution in [0, 0.1) is 0 Å². The molecule has 4 nitrogen and oxygen atoms in total. The topological polar surface area (TPSA) is 32.8 Å². The van der Waals surface area contributed by atoms with Crippen LogP contribution in [0.1, 0.15) is 31.2 Å². The summed E-state index contributed by atoms with van der Waals surface area (Å²) in [6.07, 6.45) is 2.69. The molecule has 26 heavy (non-hydrogen) atoms. The van der Waals surface area contributed by atoms with E-state index in [4.69, 9.17) is 0 Å². The molecule has 2 heterocycles. The Morgan fingerprint density at radius 3 is 2.69 bits per heavy atom. The van der Waals surface area contributed by atoms with Gasteiger partial charge in [0.2, 0.25) is 5.91 Å². The summed E-state index contributed by atoms with van der Waals surface area (Å²) in [5.41, 5.74) is 0.496. The van der Waals surface area contributed by atoms with Crippen molar-refractivity contribution >= 4 is 12.0 Å². The van der Waals surface area contributed by atoms with Crippen molar-refractivity contribution in [3.05, 3.63) is 35.9 Å². The van der Waals surface area contributed by atoms with Gasteiger partial charge in [-0.25, -0.2) is 0 Å². The predicted molar refractivity (Wildman–Crippen MR) is 92.6 cm³/mol. The number of amides is 1. The first-order chi connectivity index (χ1) is 12.4. The Labute approximate surface area is 151 Å². The van der Waals surface area contributed by atoms with Gasteiger partial charge in [-0.2, -0.15) is 0 Å². The third-order valence-corrected chi connectivity index (χ3v) is 4.84. The highest BCUT2D eigenvalue weighted by Gasteiger charge is 2.31. The van der Waals surface area contributed by atoms with E-state index in [9.17, 15) is 18.0 Å². The molecule has 1 aromatic carbocycles. The summed E-state index contributed by atoms with van der Waals surface area (Å²) >= 11 is 0. The van der Waals surface area contributed by atoms with Crippen LogP contribution in [0.25, 0.3) is 6.08 Å². The van der Waals surface area contributed by atoms with E-state index in [1.807, 2.05) is 4.90 Å². The first-order valence-corrected chi connectivity index (χ1v) is 8.97. The molecule has 0 aromatic heterocycles. The van der Waals surface area contributed by atoms with Crippen molar-refractivity contribution in [1.29, 1.82) is 0 Å². The number of nitrogens with zero attached hydrogens (tertiary/aromatic N) is 2. The molecule has 2 saturated heterocycles. The molecule has 2 fully saturated rings. The van der Waals surface area contributed by atoms with Crippen LogP contribution in [-0.2, 0) is 4.79 Å². The van der Waals surface area contributed by atoms with Crippen LogP contribution in [0.5, 0.6) is 5.75 Å². The van der Waals surface area contributed by atoms with Crippen LogP contribution in [0.2, 0.25) is 0 Å². The van der Waals surface area contributed by atoms with Gasteiger partial charge >= 0.3 is 6.36 Å². The lowest BCUT2D eigenvalue weighted by Crippen LogP contribution is -2.41. The molecule has 142 valence electrons. The minimum absolute atomic E-state index is 0.0890. The van der Waals surface area contributed by atoms with Crippen LogP contribution in [0.3, 0.4) is 0 Å². The molecule has 0 bridgehead atoms. The highest BCUT2D eigenvalue weighted by Crippen LogP contribution is 2.24. The third-order valence-electron chi connectivity index (χ3n) is 4.84. The molecule has 1 aromatic rings. The fourth-order valence-electron chi connectivity index (χ4n) is 3.66. The number of hydrogen-bond acceptors (Lipinski definition) is 3. The SMILES string of the molecule is O=C(/C=C/c1cccc(OC(F)(F)F)c1)N1CCCC1CN1CCCC1. The molecular weight excluding hydrogens is 345 g/mol. The Balaban J connectivity index is 1.60. The standard InChI is InChI=1S/C19H23F3N2O2/c20-19(21,22)26-17-7-3-5-15(13-17)8-9-18(25)24-12-4-6-16(24)14-23-10-1-2-11-23/h3,5,7-9,13,16H,1-2,4,6,10-12,14H2/b9-8+. The lowest BCUT2D eigenvalue weighted by molar-refractivity contribution is -0.274. The Hall–Kier alpha value is -2.02. The minimum Gasteiger partial charge on any atom is -0.406 e. The van der Waals surface area contributed by atoms with Crippen molar-refractivity contribution in [1.82, 2.24) is 9.80 Å². The van der Waals surface area contributed by atoms with Gasteiger partial charge in [0, 0.05) is 25.2 Å². The number of carbonyl (C=O) groups excluding carboxylic acids is 1. The van der Waals surface area contributed by atoms with Gasteiger partial charge in [0.05, 0.1) is 0 Å². The van der Waals surface area contributed by atoms with E-state index in [-0.39, 0.29) is 17.7 Å². The van der Waals surface area contributed by atoms with Gasteiger partial charge in [-0.1, -0.05) is 12.1 Å². The van der Waals surface area contributed by atoms with Crippen molar-refractivity contribution in [2.24, 2.45) is 0 Å². The molecule has 1 atom stereocenters. The predicted octanol–water partition coefficient (Wildman–Crippen LogP) is 3.69. The number of carbonyl (C=O) groups is 1. The monoisotopic (exact) mass is 368 g/mol. The summed E-state index contributed by atoms with van der Waals surface area (Å²) in [6, 6.07) is 5.84. The lowest BCUT2D eigenvalue weighted by atomic mass is 10.2. The molecule has 2 aliphatic heterocycles. The van der Waals surface area contributed by atoms with Gasteiger partial charge in [-0.15, -0.1) is 13.2 Å². The first-order valence-electron chi connectivity index (χ1n) is 8.97. The van der Waals surface area contributed by atoms with E-state index >= 15 is 0 Å². The van der Waals surface area contributed by atoms with Gasteiger partial charge in [0.25, 0.3) is 0 Å². The second kappa shape index (κ2) is 8.12. The molecular formula is C19H23F3N2O2. The average molecular weight is 368 g/mol. The maximum absolute atomic E-state index is 12.5. The van der Waals surface area contributed by atoms with E-state index in [1.54, 1.807) is 6.07 Å². The molecule has 3 rings (SSSR count). The molecule has 7 heteroatoms. The molecule has 0 aliphatic carbocycles. The highest BCUT2D eigenvalue weighted by molar-refractivity contribution is 5.92. The average Bonchev–Trinajstić information content (AvgIpc) is 3.24. The second-order valence-corrected chi connectivity index (χ2v) is 6.79. The maximum atomic E-state index is 12.5. The lowest BCUT2D eigenvalue weighted by Gasteiger charge is -2.27. The van der Waals surface area contributed by atoms with Crippen molar-refractivity contribution in [2.45, 2.75) is 38.1 Å². The second-order valence-electron chi connectivity index (χ2n) is 6.79. The van der Waals surface area contributed by atoms with Crippen LogP contribution in [-0.4, -0.2) is 54.3 Å². The summed E-state index contributed by atoms with van der Waals surface area (Å²) in [6.45, 7) is 3.84. The van der Waals surface area contributed by atoms with Crippen LogP contribution >= 0.6 is 0 Å². The van der Waals surface area contributed by atoms with E-state index in [0.29, 0.717) is 5.56 Å². The number of benzene rings is 1. The summed E-state index contributed by atoms with van der Waals surface area (Å²) in [4.78, 5) is 16.8. The van der Waals surface area contributed by atoms with Gasteiger partial charge < -0.3 is 14.5 Å². The van der Waals surface area contributed by atoms with Crippen molar-refractivity contribution in [3.8, 4) is 5.75 Å². The molecule has 0 radical (unpaired) electrons. The van der Waals surface area contributed by atoms with Crippen molar-refractivity contribution < 1.29 is 22.7 Å². The summed E-state index contributed by atoms with van der Waals surface area (Å²) in [5, 5.41) is 0. The largest absolute Gasteiger partial charge is 0.573 e. The Kier molecular flexibility index (Phi) is 5.86. The number of hydrogen-bond donors (Lipinski definition) is 0. The number of halogens is 3. The Morgan fingerprint density at radius 2 is 1.96 bits per heavy atom. The maximum Gasteiger partial charge on any atom is 0.573 e. The summed E-state index contributed by atoms with van der Waals surface area (Å²) in [7, 11) is 0. The molecule has 2 aliphatic rings. The van der Waals surface area contributed by atoms with Crippen LogP contribution in [0.4, 0.5) is 13.2 Å². The smallest absolute Gasteiger partial charge is 0.406 e. The molecule has 0 saturated carbocycles. The van der Waals surface area contributed by atoms with Gasteiger partial charge in [0.1, 0.15) is 5.75 Å². The summed E-state index contributed by atoms with van der Waals surface area (Å²) in [5.74, 6) is -0.381. The van der Waals surface area contributed by atoms with Gasteiger partial charge in [-0.3, -0.25) is 4.79 Å². The quantitative estimate of drug-likeness (QED) is 0.744. The first kappa shape index (κ1) is 18.8. The number of alkyl halides is 3. The zero-order chi connectivity index (χ0) is 18.6. The van der Waals surface area contributed by atoms with Gasteiger partial charge in [0.15, 0.2) is 0 Å². The normalized spacial score (nSPS) is 21.7. The van der Waals surface area contributed by atoms with Crippen LogP contribution < -0.4 is 4.74 Å². The summed E-state index contributed by atoms with van der Waals surface area (Å²) < 4.78 is 40.8. The molecule has 0 N–H and O–H groups in total. The van der Waals surface area contributed by atoms with E-state index in [0.717, 1.165) is 39.0 Å². The van der Waals surface area contributed by atoms with E-state index in [1.165, 1.54) is 43.2 Å². The number of likely N-dealkylation sites (tertiary alicyclic amines) is 2. The van der Waals surface area contributed by atoms with E-state index in [2.05, 4.69) is 9.64 Å². The fourth-order valence-corrected chi connectivity index (χ4v) is 3.66. The number of ether oxygens (including phenoxy) is 1. The third kappa shape index (κ3) is 5.24. The van der Waals surface area contributed by atoms with Crippen molar-refractivity contribution in [3.63, 3.8) is 0 Å². The number of rotatable bonds is 5. The molecule has 1 unspecified atom stereocenters. The highest BCUT2D eigenvalue weighted by atomic mass is 19.4. The van der Waals surface area contributed by atoms with E-state index < -0.39 is 6.36 Å². The fraction of sp³-hybridized carbons (Fsp3) is 0.526. The zero-order valence-electron chi connectivity index (χ0n) is 14.5.